The van der Waals surface area contributed by atoms with Crippen molar-refractivity contribution in [2.45, 2.75) is 45.8 Å². The van der Waals surface area contributed by atoms with Gasteiger partial charge in [0.2, 0.25) is 0 Å². The Morgan fingerprint density at radius 2 is 1.78 bits per heavy atom. The fraction of sp³-hybridized carbons (Fsp3) is 0.243. The van der Waals surface area contributed by atoms with Crippen LogP contribution in [0.1, 0.15) is 54.8 Å². The summed E-state index contributed by atoms with van der Waals surface area (Å²) in [6.45, 7) is 7.76. The Morgan fingerprint density at radius 3 is 2.57 bits per heavy atom. The van der Waals surface area contributed by atoms with Crippen LogP contribution in [-0.4, -0.2) is 43.8 Å². The molecule has 0 saturated heterocycles. The number of hydrogen-bond donors (Lipinski definition) is 1. The van der Waals surface area contributed by atoms with Crippen molar-refractivity contribution >= 4 is 44.2 Å². The Bertz CT molecular complexity index is 2190. The van der Waals surface area contributed by atoms with Gasteiger partial charge in [-0.05, 0) is 86.3 Å². The number of ketones is 1. The summed E-state index contributed by atoms with van der Waals surface area (Å²) in [5, 5.41) is 16.7. The fourth-order valence-electron chi connectivity index (χ4n) is 6.14. The summed E-state index contributed by atoms with van der Waals surface area (Å²) in [6, 6.07) is 22.0. The molecular weight excluding hydrogens is 598 g/mol. The van der Waals surface area contributed by atoms with Crippen molar-refractivity contribution in [3.63, 3.8) is 0 Å². The van der Waals surface area contributed by atoms with E-state index in [0.29, 0.717) is 35.5 Å². The summed E-state index contributed by atoms with van der Waals surface area (Å²) in [5.74, 6) is -0.544. The van der Waals surface area contributed by atoms with E-state index in [1.165, 1.54) is 11.3 Å². The SMILES string of the molecule is Cc1cc2nc(-c3cccc(-c4ccc5c(cnn5C)c4)c3)sc2c(-c2ccc3c(c2)C(=O)CCO3)c1[C@H](OC(C)(C)C)C(=O)O. The molecular formula is C37H33N3O5S. The summed E-state index contributed by atoms with van der Waals surface area (Å²) >= 11 is 1.50. The molecule has 6 aromatic rings. The predicted molar refractivity (Wildman–Crippen MR) is 181 cm³/mol. The van der Waals surface area contributed by atoms with Gasteiger partial charge in [-0.2, -0.15) is 5.10 Å². The van der Waals surface area contributed by atoms with E-state index < -0.39 is 17.7 Å². The second kappa shape index (κ2) is 11.2. The molecule has 8 nitrogen and oxygen atoms in total. The number of carbonyl (C=O) groups excluding carboxylic acids is 1. The average molecular weight is 632 g/mol. The molecule has 1 aliphatic heterocycles. The minimum atomic E-state index is -1.24. The van der Waals surface area contributed by atoms with E-state index in [1.807, 2.05) is 76.0 Å². The molecule has 232 valence electrons. The van der Waals surface area contributed by atoms with E-state index in [1.54, 1.807) is 6.07 Å². The van der Waals surface area contributed by atoms with Crippen LogP contribution < -0.4 is 4.74 Å². The fourth-order valence-corrected chi connectivity index (χ4v) is 7.26. The van der Waals surface area contributed by atoms with Gasteiger partial charge in [-0.3, -0.25) is 9.48 Å². The van der Waals surface area contributed by atoms with Crippen LogP contribution in [0.15, 0.2) is 72.9 Å². The molecule has 0 radical (unpaired) electrons. The highest BCUT2D eigenvalue weighted by atomic mass is 32.1. The zero-order chi connectivity index (χ0) is 32.3. The molecule has 4 aromatic carbocycles. The van der Waals surface area contributed by atoms with Crippen molar-refractivity contribution in [1.82, 2.24) is 14.8 Å². The highest BCUT2D eigenvalue weighted by Gasteiger charge is 2.33. The van der Waals surface area contributed by atoms with Crippen LogP contribution in [0.2, 0.25) is 0 Å². The first-order valence-electron chi connectivity index (χ1n) is 15.1. The lowest BCUT2D eigenvalue weighted by molar-refractivity contribution is -0.160. The van der Waals surface area contributed by atoms with E-state index in [9.17, 15) is 14.7 Å². The number of benzene rings is 4. The van der Waals surface area contributed by atoms with Gasteiger partial charge in [-0.25, -0.2) is 9.78 Å². The summed E-state index contributed by atoms with van der Waals surface area (Å²) in [7, 11) is 1.93. The van der Waals surface area contributed by atoms with Gasteiger partial charge in [0, 0.05) is 35.5 Å². The van der Waals surface area contributed by atoms with Crippen molar-refractivity contribution in [3.05, 3.63) is 89.6 Å². The zero-order valence-electron chi connectivity index (χ0n) is 26.2. The molecule has 0 unspecified atom stereocenters. The summed E-state index contributed by atoms with van der Waals surface area (Å²) in [5.41, 5.74) is 7.38. The first-order valence-corrected chi connectivity index (χ1v) is 16.0. The average Bonchev–Trinajstić information content (AvgIpc) is 3.62. The van der Waals surface area contributed by atoms with Gasteiger partial charge in [0.1, 0.15) is 10.8 Å². The number of ether oxygens (including phenoxy) is 2. The van der Waals surface area contributed by atoms with Crippen LogP contribution in [0.5, 0.6) is 5.75 Å². The molecule has 1 N–H and O–H groups in total. The normalized spacial score (nSPS) is 14.0. The van der Waals surface area contributed by atoms with E-state index in [2.05, 4.69) is 35.4 Å². The lowest BCUT2D eigenvalue weighted by Gasteiger charge is -2.28. The van der Waals surface area contributed by atoms with Crippen LogP contribution in [0.25, 0.3) is 53.9 Å². The van der Waals surface area contributed by atoms with Gasteiger partial charge >= 0.3 is 5.97 Å². The monoisotopic (exact) mass is 631 g/mol. The smallest absolute Gasteiger partial charge is 0.337 e. The van der Waals surface area contributed by atoms with E-state index in [0.717, 1.165) is 53.9 Å². The van der Waals surface area contributed by atoms with Gasteiger partial charge in [0.15, 0.2) is 11.9 Å². The molecule has 0 spiro atoms. The number of carboxylic acids is 1. The number of aromatic nitrogens is 3. The van der Waals surface area contributed by atoms with Gasteiger partial charge in [-0.1, -0.05) is 30.3 Å². The molecule has 7 rings (SSSR count). The minimum absolute atomic E-state index is 0.000512. The van der Waals surface area contributed by atoms with Crippen molar-refractivity contribution in [1.29, 1.82) is 0 Å². The van der Waals surface area contributed by atoms with Crippen LogP contribution >= 0.6 is 11.3 Å². The maximum absolute atomic E-state index is 12.9. The van der Waals surface area contributed by atoms with E-state index in [-0.39, 0.29) is 5.78 Å². The molecule has 0 fully saturated rings. The topological polar surface area (TPSA) is 104 Å². The minimum Gasteiger partial charge on any atom is -0.492 e. The van der Waals surface area contributed by atoms with Gasteiger partial charge in [0.25, 0.3) is 0 Å². The molecule has 1 atom stereocenters. The highest BCUT2D eigenvalue weighted by molar-refractivity contribution is 7.22. The van der Waals surface area contributed by atoms with Gasteiger partial charge in [0.05, 0.1) is 39.7 Å². The number of hydrogen-bond acceptors (Lipinski definition) is 7. The van der Waals surface area contributed by atoms with Gasteiger partial charge < -0.3 is 14.6 Å². The molecule has 3 heterocycles. The first-order chi connectivity index (χ1) is 22.0. The number of carbonyl (C=O) groups is 2. The molecule has 0 aliphatic carbocycles. The van der Waals surface area contributed by atoms with Crippen LogP contribution in [-0.2, 0) is 16.6 Å². The number of carboxylic acid groups (broad SMARTS) is 1. The first kappa shape index (κ1) is 29.8. The third kappa shape index (κ3) is 5.35. The van der Waals surface area contributed by atoms with Crippen molar-refractivity contribution < 1.29 is 24.2 Å². The third-order valence-corrected chi connectivity index (χ3v) is 9.37. The van der Waals surface area contributed by atoms with Crippen molar-refractivity contribution in [2.24, 2.45) is 7.05 Å². The molecule has 1 aliphatic rings. The van der Waals surface area contributed by atoms with Crippen LogP contribution in [0, 0.1) is 6.92 Å². The standard InChI is InChI=1S/C37H33N3O5S/c1-20-15-27-34(46-35(39-27)24-8-6-7-21(16-24)22-9-11-28-25(17-22)19-38-40(28)5)32(31(20)33(36(42)43)45-37(2,3)4)23-10-12-30-26(18-23)29(41)13-14-44-30/h6-12,15-19,33H,13-14H2,1-5H3,(H,42,43)/t33-/m0/s1. The molecule has 0 amide bonds. The Hall–Kier alpha value is -4.86. The number of nitrogens with zero attached hydrogens (tertiary/aromatic N) is 3. The Morgan fingerprint density at radius 1 is 1.02 bits per heavy atom. The number of aliphatic carboxylic acids is 1. The van der Waals surface area contributed by atoms with E-state index >= 15 is 0 Å². The zero-order valence-corrected chi connectivity index (χ0v) is 27.1. The second-order valence-corrected chi connectivity index (χ2v) is 13.7. The maximum Gasteiger partial charge on any atom is 0.337 e. The lowest BCUT2D eigenvalue weighted by Crippen LogP contribution is -2.28. The molecule has 0 bridgehead atoms. The van der Waals surface area contributed by atoms with Crippen LogP contribution in [0.3, 0.4) is 0 Å². The Labute approximate surface area is 270 Å². The highest BCUT2D eigenvalue weighted by Crippen LogP contribution is 2.45. The number of rotatable bonds is 6. The third-order valence-electron chi connectivity index (χ3n) is 8.23. The molecule has 46 heavy (non-hydrogen) atoms. The van der Waals surface area contributed by atoms with Crippen molar-refractivity contribution in [2.75, 3.05) is 6.61 Å². The second-order valence-electron chi connectivity index (χ2n) is 12.7. The van der Waals surface area contributed by atoms with E-state index in [4.69, 9.17) is 14.5 Å². The number of Topliss-reactive ketones (excluding diaryl/α,β-unsaturated/α-hetero) is 1. The predicted octanol–water partition coefficient (Wildman–Crippen LogP) is 8.40. The largest absolute Gasteiger partial charge is 0.492 e. The lowest BCUT2D eigenvalue weighted by atomic mass is 9.89. The maximum atomic E-state index is 12.9. The number of fused-ring (bicyclic) bond motifs is 3. The summed E-state index contributed by atoms with van der Waals surface area (Å²) in [6.07, 6.45) is 0.927. The Balaban J connectivity index is 1.42. The van der Waals surface area contributed by atoms with Gasteiger partial charge in [-0.15, -0.1) is 11.3 Å². The Kier molecular flexibility index (Phi) is 7.25. The molecule has 0 saturated carbocycles. The number of aryl methyl sites for hydroxylation is 2. The number of thiazole rings is 1. The summed E-state index contributed by atoms with van der Waals surface area (Å²) < 4.78 is 14.6. The quantitative estimate of drug-likeness (QED) is 0.197. The molecule has 9 heteroatoms. The van der Waals surface area contributed by atoms with Crippen molar-refractivity contribution in [3.8, 4) is 38.6 Å². The summed E-state index contributed by atoms with van der Waals surface area (Å²) in [4.78, 5) is 30.8. The molecule has 2 aromatic heterocycles. The van der Waals surface area contributed by atoms with Crippen LogP contribution in [0.4, 0.5) is 0 Å².